The number of carboxylic acid groups (broad SMARTS) is 1. The summed E-state index contributed by atoms with van der Waals surface area (Å²) in [6.45, 7) is 0. The number of halogens is 3. The fourth-order valence-corrected chi connectivity index (χ4v) is 1.56. The molecule has 0 atom stereocenters. The third-order valence-corrected chi connectivity index (χ3v) is 2.46. The number of alkyl halides is 3. The molecule has 19 heavy (non-hydrogen) atoms. The van der Waals surface area contributed by atoms with Crippen molar-refractivity contribution in [1.29, 1.82) is 0 Å². The lowest BCUT2D eigenvalue weighted by Gasteiger charge is -2.09. The van der Waals surface area contributed by atoms with E-state index in [4.69, 9.17) is 15.3 Å². The Morgan fingerprint density at radius 3 is 2.37 bits per heavy atom. The molecule has 4 nitrogen and oxygen atoms in total. The SMILES string of the molecule is Nc1cc(C(F)(F)F)ccc1-c1ccc(C(=O)O)o1. The van der Waals surface area contributed by atoms with Crippen LogP contribution in [0.2, 0.25) is 0 Å². The molecule has 0 bridgehead atoms. The second-order valence-electron chi connectivity index (χ2n) is 3.77. The largest absolute Gasteiger partial charge is 0.475 e. The first-order valence-corrected chi connectivity index (χ1v) is 5.09. The highest BCUT2D eigenvalue weighted by molar-refractivity contribution is 5.86. The Labute approximate surface area is 105 Å². The van der Waals surface area contributed by atoms with Gasteiger partial charge >= 0.3 is 12.1 Å². The van der Waals surface area contributed by atoms with Gasteiger partial charge in [0.25, 0.3) is 0 Å². The molecular formula is C12H8F3NO3. The smallest absolute Gasteiger partial charge is 0.416 e. The number of aromatic carboxylic acids is 1. The van der Waals surface area contributed by atoms with Crippen molar-refractivity contribution in [3.05, 3.63) is 41.7 Å². The predicted molar refractivity (Wildman–Crippen MR) is 60.5 cm³/mol. The number of hydrogen-bond donors (Lipinski definition) is 2. The van der Waals surface area contributed by atoms with Crippen LogP contribution in [0.25, 0.3) is 11.3 Å². The normalized spacial score (nSPS) is 11.5. The summed E-state index contributed by atoms with van der Waals surface area (Å²) < 4.78 is 42.3. The van der Waals surface area contributed by atoms with Gasteiger partial charge in [0, 0.05) is 11.3 Å². The molecule has 0 aliphatic carbocycles. The number of rotatable bonds is 2. The minimum Gasteiger partial charge on any atom is -0.475 e. The summed E-state index contributed by atoms with van der Waals surface area (Å²) in [6, 6.07) is 5.31. The van der Waals surface area contributed by atoms with Gasteiger partial charge in [0.15, 0.2) is 0 Å². The molecule has 0 radical (unpaired) electrons. The van der Waals surface area contributed by atoms with Crippen molar-refractivity contribution in [2.24, 2.45) is 0 Å². The van der Waals surface area contributed by atoms with E-state index in [1.165, 1.54) is 12.1 Å². The minimum absolute atomic E-state index is 0.101. The van der Waals surface area contributed by atoms with Crippen molar-refractivity contribution in [2.45, 2.75) is 6.18 Å². The lowest BCUT2D eigenvalue weighted by Crippen LogP contribution is -2.05. The standard InChI is InChI=1S/C12H8F3NO3/c13-12(14,15)6-1-2-7(8(16)5-6)9-3-4-10(19-9)11(17)18/h1-5H,16H2,(H,17,18). The average molecular weight is 271 g/mol. The van der Waals surface area contributed by atoms with E-state index in [0.29, 0.717) is 0 Å². The summed E-state index contributed by atoms with van der Waals surface area (Å²) in [4.78, 5) is 10.6. The lowest BCUT2D eigenvalue weighted by molar-refractivity contribution is -0.137. The van der Waals surface area contributed by atoms with E-state index < -0.39 is 17.7 Å². The Bertz CT molecular complexity index is 631. The summed E-state index contributed by atoms with van der Waals surface area (Å²) >= 11 is 0. The van der Waals surface area contributed by atoms with E-state index in [-0.39, 0.29) is 22.8 Å². The predicted octanol–water partition coefficient (Wildman–Crippen LogP) is 3.25. The van der Waals surface area contributed by atoms with Crippen molar-refractivity contribution in [1.82, 2.24) is 0 Å². The van der Waals surface area contributed by atoms with E-state index in [2.05, 4.69) is 0 Å². The molecule has 2 rings (SSSR count). The molecule has 0 unspecified atom stereocenters. The molecule has 2 aromatic rings. The highest BCUT2D eigenvalue weighted by Crippen LogP contribution is 2.35. The summed E-state index contributed by atoms with van der Waals surface area (Å²) in [5.74, 6) is -1.48. The topological polar surface area (TPSA) is 76.5 Å². The first-order valence-electron chi connectivity index (χ1n) is 5.09. The van der Waals surface area contributed by atoms with Crippen molar-refractivity contribution in [3.63, 3.8) is 0 Å². The molecule has 3 N–H and O–H groups in total. The van der Waals surface area contributed by atoms with Crippen LogP contribution >= 0.6 is 0 Å². The van der Waals surface area contributed by atoms with Crippen molar-refractivity contribution in [2.75, 3.05) is 5.73 Å². The van der Waals surface area contributed by atoms with Gasteiger partial charge in [-0.15, -0.1) is 0 Å². The molecular weight excluding hydrogens is 263 g/mol. The first-order chi connectivity index (χ1) is 8.79. The molecule has 1 aromatic carbocycles. The van der Waals surface area contributed by atoms with Gasteiger partial charge in [-0.3, -0.25) is 0 Å². The van der Waals surface area contributed by atoms with Gasteiger partial charge in [0.1, 0.15) is 5.76 Å². The molecule has 100 valence electrons. The number of carboxylic acids is 1. The van der Waals surface area contributed by atoms with Crippen LogP contribution in [-0.4, -0.2) is 11.1 Å². The quantitative estimate of drug-likeness (QED) is 0.822. The molecule has 0 amide bonds. The van der Waals surface area contributed by atoms with Gasteiger partial charge in [0.2, 0.25) is 5.76 Å². The molecule has 1 aromatic heterocycles. The number of benzene rings is 1. The molecule has 7 heteroatoms. The van der Waals surface area contributed by atoms with Gasteiger partial charge < -0.3 is 15.3 Å². The highest BCUT2D eigenvalue weighted by Gasteiger charge is 2.31. The van der Waals surface area contributed by atoms with Gasteiger partial charge in [-0.2, -0.15) is 13.2 Å². The number of nitrogens with two attached hydrogens (primary N) is 1. The third kappa shape index (κ3) is 2.54. The molecule has 1 heterocycles. The zero-order chi connectivity index (χ0) is 14.2. The van der Waals surface area contributed by atoms with Crippen LogP contribution in [0, 0.1) is 0 Å². The molecule has 0 aliphatic rings. The maximum absolute atomic E-state index is 12.5. The van der Waals surface area contributed by atoms with E-state index >= 15 is 0 Å². The summed E-state index contributed by atoms with van der Waals surface area (Å²) in [5, 5.41) is 8.69. The van der Waals surface area contributed by atoms with Crippen molar-refractivity contribution in [3.8, 4) is 11.3 Å². The van der Waals surface area contributed by atoms with Crippen LogP contribution in [-0.2, 0) is 6.18 Å². The number of hydrogen-bond acceptors (Lipinski definition) is 3. The van der Waals surface area contributed by atoms with Gasteiger partial charge in [0.05, 0.1) is 5.56 Å². The van der Waals surface area contributed by atoms with Crippen LogP contribution < -0.4 is 5.73 Å². The molecule has 0 saturated carbocycles. The lowest BCUT2D eigenvalue weighted by atomic mass is 10.1. The monoisotopic (exact) mass is 271 g/mol. The second kappa shape index (κ2) is 4.34. The summed E-state index contributed by atoms with van der Waals surface area (Å²) in [6.07, 6.45) is -4.48. The fourth-order valence-electron chi connectivity index (χ4n) is 1.56. The van der Waals surface area contributed by atoms with E-state index in [0.717, 1.165) is 18.2 Å². The van der Waals surface area contributed by atoms with Crippen molar-refractivity contribution < 1.29 is 27.5 Å². The van der Waals surface area contributed by atoms with Gasteiger partial charge in [-0.05, 0) is 30.3 Å². The van der Waals surface area contributed by atoms with Crippen LogP contribution in [0.15, 0.2) is 34.7 Å². The molecule has 0 fully saturated rings. The van der Waals surface area contributed by atoms with Crippen molar-refractivity contribution >= 4 is 11.7 Å². The second-order valence-corrected chi connectivity index (χ2v) is 3.77. The molecule has 0 saturated heterocycles. The zero-order valence-corrected chi connectivity index (χ0v) is 9.36. The Morgan fingerprint density at radius 1 is 1.21 bits per heavy atom. The molecule has 0 spiro atoms. The Kier molecular flexibility index (Phi) is 2.97. The van der Waals surface area contributed by atoms with E-state index in [9.17, 15) is 18.0 Å². The zero-order valence-electron chi connectivity index (χ0n) is 9.36. The van der Waals surface area contributed by atoms with Gasteiger partial charge in [-0.25, -0.2) is 4.79 Å². The Balaban J connectivity index is 2.43. The molecule has 0 aliphatic heterocycles. The van der Waals surface area contributed by atoms with Crippen LogP contribution in [0.4, 0.5) is 18.9 Å². The third-order valence-electron chi connectivity index (χ3n) is 2.46. The van der Waals surface area contributed by atoms with Crippen LogP contribution in [0.3, 0.4) is 0 Å². The number of carbonyl (C=O) groups is 1. The Hall–Kier alpha value is -2.44. The first kappa shape index (κ1) is 13.0. The maximum Gasteiger partial charge on any atom is 0.416 e. The minimum atomic E-state index is -4.48. The highest BCUT2D eigenvalue weighted by atomic mass is 19.4. The fraction of sp³-hybridized carbons (Fsp3) is 0.0833. The van der Waals surface area contributed by atoms with Gasteiger partial charge in [-0.1, -0.05) is 0 Å². The maximum atomic E-state index is 12.5. The summed E-state index contributed by atoms with van der Waals surface area (Å²) in [7, 11) is 0. The van der Waals surface area contributed by atoms with Crippen LogP contribution in [0.5, 0.6) is 0 Å². The average Bonchev–Trinajstić information content (AvgIpc) is 2.76. The van der Waals surface area contributed by atoms with E-state index in [1.54, 1.807) is 0 Å². The van der Waals surface area contributed by atoms with Crippen LogP contribution in [0.1, 0.15) is 16.1 Å². The number of furan rings is 1. The number of anilines is 1. The van der Waals surface area contributed by atoms with E-state index in [1.807, 2.05) is 0 Å². The Morgan fingerprint density at radius 2 is 1.89 bits per heavy atom. The number of nitrogen functional groups attached to an aromatic ring is 1. The summed E-state index contributed by atoms with van der Waals surface area (Å²) in [5.41, 5.74) is 4.72.